The zero-order valence-electron chi connectivity index (χ0n) is 48.4. The minimum atomic E-state index is -0.442. The fourth-order valence-corrected chi connectivity index (χ4v) is 10.5. The summed E-state index contributed by atoms with van der Waals surface area (Å²) in [5.41, 5.74) is 14.9. The lowest BCUT2D eigenvalue weighted by atomic mass is 10.1. The molecule has 0 radical (unpaired) electrons. The fraction of sp³-hybridized carbons (Fsp3) is 0.162. The van der Waals surface area contributed by atoms with Gasteiger partial charge in [-0.3, -0.25) is 10.0 Å². The van der Waals surface area contributed by atoms with Gasteiger partial charge in [-0.1, -0.05) is 146 Å². The van der Waals surface area contributed by atoms with Crippen LogP contribution in [0, 0.1) is 0 Å². The van der Waals surface area contributed by atoms with Crippen molar-refractivity contribution in [1.82, 2.24) is 4.57 Å². The maximum absolute atomic E-state index is 6.33. The van der Waals surface area contributed by atoms with Crippen molar-refractivity contribution < 1.29 is 18.9 Å². The van der Waals surface area contributed by atoms with Crippen LogP contribution in [-0.4, -0.2) is 55.9 Å². The molecule has 426 valence electrons. The van der Waals surface area contributed by atoms with Gasteiger partial charge in [0.2, 0.25) is 0 Å². The van der Waals surface area contributed by atoms with Crippen molar-refractivity contribution in [3.8, 4) is 0 Å². The van der Waals surface area contributed by atoms with Crippen molar-refractivity contribution in [3.05, 3.63) is 289 Å². The van der Waals surface area contributed by atoms with Gasteiger partial charge < -0.3 is 33.3 Å². The Hall–Kier alpha value is -9.62. The van der Waals surface area contributed by atoms with E-state index in [0.29, 0.717) is 39.5 Å². The average molecular weight is 1120 g/mol. The quantitative estimate of drug-likeness (QED) is 0.0286. The molecular formula is C74H71N7O4. The largest absolute Gasteiger partial charge is 0.351 e. The molecule has 11 aromatic rings. The summed E-state index contributed by atoms with van der Waals surface area (Å²) >= 11 is 0. The molecule has 0 spiro atoms. The summed E-state index contributed by atoms with van der Waals surface area (Å²) in [6.45, 7) is 9.63. The first kappa shape index (κ1) is 57.2. The van der Waals surface area contributed by atoms with E-state index < -0.39 is 12.6 Å². The van der Waals surface area contributed by atoms with E-state index in [1.54, 1.807) is 0 Å². The van der Waals surface area contributed by atoms with Crippen LogP contribution < -0.4 is 19.8 Å². The fourth-order valence-electron chi connectivity index (χ4n) is 10.5. The number of hydrazone groups is 2. The maximum Gasteiger partial charge on any atom is 0.155 e. The van der Waals surface area contributed by atoms with E-state index in [-0.39, 0.29) is 0 Å². The van der Waals surface area contributed by atoms with Gasteiger partial charge in [0.15, 0.2) is 12.6 Å². The molecule has 0 aliphatic carbocycles. The van der Waals surface area contributed by atoms with Crippen LogP contribution in [-0.2, 0) is 38.7 Å². The highest BCUT2D eigenvalue weighted by Gasteiger charge is 2.17. The first-order valence-corrected chi connectivity index (χ1v) is 29.2. The minimum Gasteiger partial charge on any atom is -0.351 e. The summed E-state index contributed by atoms with van der Waals surface area (Å²) in [6.07, 6.45) is 2.92. The van der Waals surface area contributed by atoms with Crippen LogP contribution in [0.5, 0.6) is 0 Å². The van der Waals surface area contributed by atoms with Crippen LogP contribution in [0.25, 0.3) is 21.8 Å². The van der Waals surface area contributed by atoms with Gasteiger partial charge in [-0.25, -0.2) is 0 Å². The molecule has 10 aromatic carbocycles. The molecule has 0 saturated heterocycles. The van der Waals surface area contributed by atoms with E-state index in [1.165, 1.54) is 21.8 Å². The summed E-state index contributed by atoms with van der Waals surface area (Å²) in [7, 11) is 0. The van der Waals surface area contributed by atoms with E-state index in [9.17, 15) is 0 Å². The highest BCUT2D eigenvalue weighted by Crippen LogP contribution is 2.36. The number of hydrogen-bond donors (Lipinski definition) is 0. The smallest absolute Gasteiger partial charge is 0.155 e. The second kappa shape index (κ2) is 28.6. The summed E-state index contributed by atoms with van der Waals surface area (Å²) in [6, 6.07) is 92.1. The topological polar surface area (TPSA) is 79.5 Å². The number of rotatable bonds is 27. The lowest BCUT2D eigenvalue weighted by Crippen LogP contribution is -2.25. The molecule has 1 heterocycles. The number of fused-ring (bicyclic) bond motifs is 3. The molecule has 0 aliphatic heterocycles. The van der Waals surface area contributed by atoms with Crippen molar-refractivity contribution in [2.24, 2.45) is 10.2 Å². The van der Waals surface area contributed by atoms with Crippen LogP contribution in [0.2, 0.25) is 0 Å². The Morgan fingerprint density at radius 1 is 0.365 bits per heavy atom. The molecule has 0 bridgehead atoms. The van der Waals surface area contributed by atoms with E-state index in [2.05, 4.69) is 228 Å². The lowest BCUT2D eigenvalue weighted by Gasteiger charge is -2.25. The van der Waals surface area contributed by atoms with E-state index in [1.807, 2.05) is 97.0 Å². The van der Waals surface area contributed by atoms with Gasteiger partial charge in [0.25, 0.3) is 0 Å². The van der Waals surface area contributed by atoms with Gasteiger partial charge in [-0.15, -0.1) is 0 Å². The van der Waals surface area contributed by atoms with Gasteiger partial charge >= 0.3 is 0 Å². The highest BCUT2D eigenvalue weighted by atomic mass is 16.7. The second-order valence-corrected chi connectivity index (χ2v) is 20.5. The third-order valence-corrected chi connectivity index (χ3v) is 14.8. The maximum atomic E-state index is 6.33. The number of benzene rings is 10. The summed E-state index contributed by atoms with van der Waals surface area (Å²) in [4.78, 5) is 4.50. The van der Waals surface area contributed by atoms with Crippen molar-refractivity contribution >= 4 is 79.7 Å². The monoisotopic (exact) mass is 1120 g/mol. The van der Waals surface area contributed by atoms with Gasteiger partial charge in [-0.05, 0) is 164 Å². The van der Waals surface area contributed by atoms with E-state index in [0.717, 1.165) is 74.3 Å². The number of hydrogen-bond acceptors (Lipinski definition) is 10. The number of para-hydroxylation sites is 6. The zero-order valence-corrected chi connectivity index (χ0v) is 48.4. The Morgan fingerprint density at radius 2 is 0.671 bits per heavy atom. The third kappa shape index (κ3) is 14.8. The Labute approximate surface area is 499 Å². The predicted octanol–water partition coefficient (Wildman–Crippen LogP) is 17.6. The molecule has 0 aliphatic rings. The summed E-state index contributed by atoms with van der Waals surface area (Å²) in [5, 5.41) is 16.2. The predicted molar refractivity (Wildman–Crippen MR) is 351 cm³/mol. The molecule has 0 fully saturated rings. The highest BCUT2D eigenvalue weighted by molar-refractivity contribution is 6.08. The van der Waals surface area contributed by atoms with Gasteiger partial charge in [-0.2, -0.15) is 10.2 Å². The molecule has 11 heteroatoms. The summed E-state index contributed by atoms with van der Waals surface area (Å²) < 4.78 is 27.6. The first-order valence-electron chi connectivity index (χ1n) is 29.2. The average Bonchev–Trinajstić information content (AvgIpc) is 2.88. The number of aryl methyl sites for hydroxylation is 1. The van der Waals surface area contributed by atoms with Crippen LogP contribution in [0.15, 0.2) is 277 Å². The minimum absolute atomic E-state index is 0.402. The Bertz CT molecular complexity index is 3540. The van der Waals surface area contributed by atoms with Gasteiger partial charge in [0, 0.05) is 62.5 Å². The Balaban J connectivity index is 0.680. The molecular weight excluding hydrogens is 1050 g/mol. The van der Waals surface area contributed by atoms with E-state index >= 15 is 0 Å². The Morgan fingerprint density at radius 3 is 0.988 bits per heavy atom. The van der Waals surface area contributed by atoms with Crippen molar-refractivity contribution in [2.45, 2.75) is 53.1 Å². The zero-order chi connectivity index (χ0) is 58.0. The normalized spacial score (nSPS) is 12.3. The van der Waals surface area contributed by atoms with Crippen LogP contribution in [0.1, 0.15) is 43.0 Å². The molecule has 0 amide bonds. The van der Waals surface area contributed by atoms with Crippen LogP contribution in [0.4, 0.5) is 45.5 Å². The molecule has 11 nitrogen and oxygen atoms in total. The van der Waals surface area contributed by atoms with Crippen molar-refractivity contribution in [1.29, 1.82) is 0 Å². The Kier molecular flexibility index (Phi) is 19.2. The molecule has 11 rings (SSSR count). The van der Waals surface area contributed by atoms with Crippen LogP contribution >= 0.6 is 0 Å². The first-order chi connectivity index (χ1) is 41.9. The lowest BCUT2D eigenvalue weighted by molar-refractivity contribution is -0.136. The number of anilines is 8. The molecule has 2 unspecified atom stereocenters. The van der Waals surface area contributed by atoms with Crippen molar-refractivity contribution in [3.63, 3.8) is 0 Å². The van der Waals surface area contributed by atoms with Gasteiger partial charge in [0.1, 0.15) is 0 Å². The molecule has 2 atom stereocenters. The van der Waals surface area contributed by atoms with Crippen LogP contribution in [0.3, 0.4) is 0 Å². The second-order valence-electron chi connectivity index (χ2n) is 20.5. The molecule has 1 aromatic heterocycles. The number of nitrogens with zero attached hydrogens (tertiary/aromatic N) is 7. The molecule has 0 N–H and O–H groups in total. The van der Waals surface area contributed by atoms with Gasteiger partial charge in [0.05, 0.1) is 63.3 Å². The van der Waals surface area contributed by atoms with E-state index in [4.69, 9.17) is 29.2 Å². The number of aromatic nitrogens is 1. The van der Waals surface area contributed by atoms with Crippen molar-refractivity contribution in [2.75, 3.05) is 46.1 Å². The third-order valence-electron chi connectivity index (χ3n) is 14.8. The molecule has 85 heavy (non-hydrogen) atoms. The SMILES string of the molecule is CCn1c2ccc(COC(C)OCCN(/N=C/c3ccc(N(c4ccccc4)c4ccccc4)cc3)c3ccccc3)cc2c2cc(COC(C)OCCN(/N=C/c3ccc(N(c4ccccc4)c4ccccc4)cc3)c3ccccc3)ccc21. The molecule has 0 saturated carbocycles. The summed E-state index contributed by atoms with van der Waals surface area (Å²) in [5.74, 6) is 0. The number of ether oxygens (including phenoxy) is 4. The standard InChI is InChI=1S/C74H71N7O4/c1-4-77-73-45-39-61(55-84-57(2)82-49-47-78(63-23-11-5-12-24-63)75-53-59-35-41-69(42-36-59)80(65-27-15-7-16-28-65)66-29-17-8-18-30-66)51-71(73)72-52-62(40-46-74(72)77)56-85-58(3)83-50-48-79(64-25-13-6-14-26-64)76-54-60-37-43-70(44-38-60)81(67-31-19-9-20-32-67)68-33-21-10-22-34-68/h5-46,51-54,57-58H,4,47-50,55-56H2,1-3H3/b75-53+,76-54+.